The van der Waals surface area contributed by atoms with Gasteiger partial charge in [0, 0.05) is 37.2 Å². The second-order valence-electron chi connectivity index (χ2n) is 5.16. The number of hydrogen-bond donors (Lipinski definition) is 2. The maximum Gasteiger partial charge on any atom is 0.313 e. The number of rotatable bonds is 8. The molecule has 0 aliphatic heterocycles. The van der Waals surface area contributed by atoms with E-state index < -0.39 is 11.8 Å². The van der Waals surface area contributed by atoms with Crippen molar-refractivity contribution < 1.29 is 19.1 Å². The van der Waals surface area contributed by atoms with E-state index in [1.165, 1.54) is 7.11 Å². The zero-order valence-corrected chi connectivity index (χ0v) is 14.3. The van der Waals surface area contributed by atoms with Crippen LogP contribution < -0.4 is 20.1 Å². The fraction of sp³-hybridized carbons (Fsp3) is 0.353. The number of aromatic nitrogens is 2. The van der Waals surface area contributed by atoms with Gasteiger partial charge in [-0.25, -0.2) is 4.98 Å². The second-order valence-corrected chi connectivity index (χ2v) is 5.16. The molecule has 2 aromatic rings. The summed E-state index contributed by atoms with van der Waals surface area (Å²) in [6.07, 6.45) is 5.94. The van der Waals surface area contributed by atoms with E-state index >= 15 is 0 Å². The minimum absolute atomic E-state index is 0.400. The molecule has 8 heteroatoms. The molecule has 25 heavy (non-hydrogen) atoms. The summed E-state index contributed by atoms with van der Waals surface area (Å²) < 4.78 is 12.5. The van der Waals surface area contributed by atoms with Gasteiger partial charge in [0.05, 0.1) is 20.0 Å². The predicted octanol–water partition coefficient (Wildman–Crippen LogP) is 1.44. The van der Waals surface area contributed by atoms with E-state index in [1.54, 1.807) is 30.7 Å². The number of carbonyl (C=O) groups is 2. The third-order valence-electron chi connectivity index (χ3n) is 3.37. The highest BCUT2D eigenvalue weighted by Crippen LogP contribution is 2.30. The largest absolute Gasteiger partial charge is 0.493 e. The molecule has 2 amide bonds. The summed E-state index contributed by atoms with van der Waals surface area (Å²) in [4.78, 5) is 27.7. The number of anilines is 1. The van der Waals surface area contributed by atoms with E-state index in [0.29, 0.717) is 36.8 Å². The Bertz CT molecular complexity index is 701. The smallest absolute Gasteiger partial charge is 0.313 e. The lowest BCUT2D eigenvalue weighted by molar-refractivity contribution is -0.136. The summed E-state index contributed by atoms with van der Waals surface area (Å²) in [6.45, 7) is 3.49. The zero-order valence-electron chi connectivity index (χ0n) is 14.3. The van der Waals surface area contributed by atoms with E-state index in [4.69, 9.17) is 9.47 Å². The highest BCUT2D eigenvalue weighted by Gasteiger charge is 2.14. The van der Waals surface area contributed by atoms with Gasteiger partial charge in [-0.15, -0.1) is 0 Å². The number of nitrogens with zero attached hydrogens (tertiary/aromatic N) is 2. The van der Waals surface area contributed by atoms with Crippen LogP contribution in [0.25, 0.3) is 0 Å². The first kappa shape index (κ1) is 18.3. The first-order valence-corrected chi connectivity index (χ1v) is 7.99. The van der Waals surface area contributed by atoms with Crippen molar-refractivity contribution >= 4 is 17.5 Å². The van der Waals surface area contributed by atoms with Crippen LogP contribution in [0.1, 0.15) is 13.3 Å². The topological polar surface area (TPSA) is 94.5 Å². The van der Waals surface area contributed by atoms with E-state index in [-0.39, 0.29) is 0 Å². The highest BCUT2D eigenvalue weighted by molar-refractivity contribution is 6.39. The molecule has 1 aromatic carbocycles. The Morgan fingerprint density at radius 2 is 2.08 bits per heavy atom. The Hall–Kier alpha value is -3.03. The van der Waals surface area contributed by atoms with Crippen molar-refractivity contribution in [2.45, 2.75) is 19.9 Å². The molecule has 2 N–H and O–H groups in total. The number of nitrogens with one attached hydrogen (secondary N) is 2. The molecule has 0 saturated carbocycles. The van der Waals surface area contributed by atoms with Crippen molar-refractivity contribution in [1.82, 2.24) is 14.9 Å². The first-order valence-electron chi connectivity index (χ1n) is 7.99. The van der Waals surface area contributed by atoms with Crippen LogP contribution in [-0.2, 0) is 16.1 Å². The lowest BCUT2D eigenvalue weighted by Gasteiger charge is -2.11. The Morgan fingerprint density at radius 1 is 1.24 bits per heavy atom. The van der Waals surface area contributed by atoms with Crippen LogP contribution >= 0.6 is 0 Å². The SMILES string of the molecule is CCOc1ccc(NC(=O)C(=O)NCCCn2ccnc2)cc1OC. The molecule has 0 atom stereocenters. The van der Waals surface area contributed by atoms with Crippen LogP contribution in [0.3, 0.4) is 0 Å². The average Bonchev–Trinajstić information content (AvgIpc) is 3.13. The van der Waals surface area contributed by atoms with E-state index in [0.717, 1.165) is 6.54 Å². The van der Waals surface area contributed by atoms with Gasteiger partial charge in [-0.05, 0) is 25.5 Å². The summed E-state index contributed by atoms with van der Waals surface area (Å²) in [5, 5.41) is 5.12. The van der Waals surface area contributed by atoms with Gasteiger partial charge in [0.15, 0.2) is 11.5 Å². The van der Waals surface area contributed by atoms with Gasteiger partial charge >= 0.3 is 11.8 Å². The summed E-state index contributed by atoms with van der Waals surface area (Å²) in [6, 6.07) is 4.94. The molecule has 0 bridgehead atoms. The summed E-state index contributed by atoms with van der Waals surface area (Å²) in [5.41, 5.74) is 0.457. The van der Waals surface area contributed by atoms with Gasteiger partial charge in [0.2, 0.25) is 0 Å². The van der Waals surface area contributed by atoms with Crippen LogP contribution in [0.2, 0.25) is 0 Å². The van der Waals surface area contributed by atoms with Crippen LogP contribution in [0.4, 0.5) is 5.69 Å². The van der Waals surface area contributed by atoms with Gasteiger partial charge in [-0.1, -0.05) is 0 Å². The highest BCUT2D eigenvalue weighted by atomic mass is 16.5. The molecule has 0 aliphatic rings. The van der Waals surface area contributed by atoms with Gasteiger partial charge in [-0.3, -0.25) is 9.59 Å². The molecule has 134 valence electrons. The standard InChI is InChI=1S/C17H22N4O4/c1-3-25-14-6-5-13(11-15(14)24-2)20-17(23)16(22)19-7-4-9-21-10-8-18-12-21/h5-6,8,10-12H,3-4,7,9H2,1-2H3,(H,19,22)(H,20,23). The molecule has 0 unspecified atom stereocenters. The van der Waals surface area contributed by atoms with Crippen LogP contribution in [0, 0.1) is 0 Å². The van der Waals surface area contributed by atoms with Crippen molar-refractivity contribution in [1.29, 1.82) is 0 Å². The maximum absolute atomic E-state index is 11.9. The van der Waals surface area contributed by atoms with Crippen molar-refractivity contribution in [3.8, 4) is 11.5 Å². The molecule has 0 aliphatic carbocycles. The normalized spacial score (nSPS) is 10.2. The van der Waals surface area contributed by atoms with Crippen LogP contribution in [-0.4, -0.2) is 41.6 Å². The molecule has 0 spiro atoms. The van der Waals surface area contributed by atoms with Crippen molar-refractivity contribution in [2.24, 2.45) is 0 Å². The summed E-state index contributed by atoms with van der Waals surface area (Å²) in [5.74, 6) is -0.348. The molecule has 1 aromatic heterocycles. The Morgan fingerprint density at radius 3 is 2.76 bits per heavy atom. The van der Waals surface area contributed by atoms with Crippen LogP contribution in [0.15, 0.2) is 36.9 Å². The number of carbonyl (C=O) groups excluding carboxylic acids is 2. The second kappa shape index (κ2) is 9.31. The molecule has 1 heterocycles. The van der Waals surface area contributed by atoms with Gasteiger partial charge in [0.25, 0.3) is 0 Å². The van der Waals surface area contributed by atoms with Crippen molar-refractivity contribution in [3.63, 3.8) is 0 Å². The summed E-state index contributed by atoms with van der Waals surface area (Å²) >= 11 is 0. The lowest BCUT2D eigenvalue weighted by atomic mass is 10.2. The number of hydrogen-bond acceptors (Lipinski definition) is 5. The van der Waals surface area contributed by atoms with Gasteiger partial charge in [-0.2, -0.15) is 0 Å². The third-order valence-corrected chi connectivity index (χ3v) is 3.37. The zero-order chi connectivity index (χ0) is 18.1. The number of benzene rings is 1. The maximum atomic E-state index is 11.9. The van der Waals surface area contributed by atoms with Crippen LogP contribution in [0.5, 0.6) is 11.5 Å². The van der Waals surface area contributed by atoms with Gasteiger partial charge in [0.1, 0.15) is 0 Å². The van der Waals surface area contributed by atoms with E-state index in [2.05, 4.69) is 15.6 Å². The monoisotopic (exact) mass is 346 g/mol. The van der Waals surface area contributed by atoms with Crippen molar-refractivity contribution in [2.75, 3.05) is 25.6 Å². The Balaban J connectivity index is 1.80. The summed E-state index contributed by atoms with van der Waals surface area (Å²) in [7, 11) is 1.51. The number of ether oxygens (including phenoxy) is 2. The minimum atomic E-state index is -0.728. The number of methoxy groups -OCH3 is 1. The minimum Gasteiger partial charge on any atom is -0.493 e. The number of imidazole rings is 1. The quantitative estimate of drug-likeness (QED) is 0.557. The number of aryl methyl sites for hydroxylation is 1. The van der Waals surface area contributed by atoms with Crippen molar-refractivity contribution in [3.05, 3.63) is 36.9 Å². The Labute approximate surface area is 146 Å². The fourth-order valence-electron chi connectivity index (χ4n) is 2.17. The molecule has 0 saturated heterocycles. The van der Waals surface area contributed by atoms with Gasteiger partial charge < -0.3 is 24.7 Å². The molecule has 0 radical (unpaired) electrons. The number of amides is 2. The molecule has 8 nitrogen and oxygen atoms in total. The first-order chi connectivity index (χ1) is 12.1. The lowest BCUT2D eigenvalue weighted by Crippen LogP contribution is -2.36. The average molecular weight is 346 g/mol. The molecular formula is C17H22N4O4. The third kappa shape index (κ3) is 5.52. The van der Waals surface area contributed by atoms with E-state index in [9.17, 15) is 9.59 Å². The molecular weight excluding hydrogens is 324 g/mol. The Kier molecular flexibility index (Phi) is 6.82. The molecule has 0 fully saturated rings. The fourth-order valence-corrected chi connectivity index (χ4v) is 2.17. The molecule has 2 rings (SSSR count). The van der Waals surface area contributed by atoms with E-state index in [1.807, 2.05) is 17.7 Å². The predicted molar refractivity (Wildman–Crippen MR) is 92.6 cm³/mol.